The molecule has 72 valence electrons. The highest BCUT2D eigenvalue weighted by Crippen LogP contribution is 2.17. The zero-order valence-corrected chi connectivity index (χ0v) is 7.55. The molecule has 0 aromatic heterocycles. The molecule has 13 heavy (non-hydrogen) atoms. The van der Waals surface area contributed by atoms with E-state index in [2.05, 4.69) is 0 Å². The molecule has 0 unspecified atom stereocenters. The summed E-state index contributed by atoms with van der Waals surface area (Å²) in [7, 11) is 0. The number of halogens is 4. The Labute approximate surface area is 77.4 Å². The molecule has 0 aliphatic carbocycles. The van der Waals surface area contributed by atoms with Gasteiger partial charge in [0.05, 0.1) is 5.82 Å². The molecule has 1 aromatic rings. The van der Waals surface area contributed by atoms with Crippen molar-refractivity contribution in [3.63, 3.8) is 0 Å². The Morgan fingerprint density at radius 3 is 2.23 bits per heavy atom. The van der Waals surface area contributed by atoms with E-state index < -0.39 is 18.3 Å². The molecule has 0 saturated carbocycles. The summed E-state index contributed by atoms with van der Waals surface area (Å²) in [6.07, 6.45) is 1.67. The maximum atomic E-state index is 12.8. The van der Waals surface area contributed by atoms with Crippen molar-refractivity contribution in [1.82, 2.24) is 0 Å². The minimum Gasteiger partial charge on any atom is -0.445 e. The average Bonchev–Trinajstić information content (AvgIpc) is 2.01. The lowest BCUT2D eigenvalue weighted by Crippen LogP contribution is -2.36. The van der Waals surface area contributed by atoms with Crippen LogP contribution < -0.4 is 5.46 Å². The zero-order chi connectivity index (χ0) is 10.1. The first-order valence-corrected chi connectivity index (χ1v) is 4.71. The van der Waals surface area contributed by atoms with E-state index in [0.717, 1.165) is 12.1 Å². The van der Waals surface area contributed by atoms with Crippen molar-refractivity contribution >= 4 is 24.2 Å². The van der Waals surface area contributed by atoms with E-state index >= 15 is 0 Å². The Balaban J connectivity index is 3.13. The van der Waals surface area contributed by atoms with Gasteiger partial charge < -0.3 is 12.9 Å². The average molecular weight is 209 g/mol. The van der Waals surface area contributed by atoms with E-state index in [1.54, 1.807) is 6.26 Å². The van der Waals surface area contributed by atoms with Gasteiger partial charge in [0.1, 0.15) is 0 Å². The monoisotopic (exact) mass is 209 g/mol. The van der Waals surface area contributed by atoms with Crippen LogP contribution in [0.3, 0.4) is 0 Å². The molecule has 0 spiro atoms. The van der Waals surface area contributed by atoms with Gasteiger partial charge in [-0.1, -0.05) is 17.6 Å². The molecule has 0 fully saturated rings. The van der Waals surface area contributed by atoms with E-state index in [9.17, 15) is 17.3 Å². The number of benzene rings is 1. The molecule has 0 aliphatic rings. The zero-order valence-electron chi connectivity index (χ0n) is 6.73. The Bertz CT molecular complexity index is 310. The van der Waals surface area contributed by atoms with Crippen LogP contribution in [0.25, 0.3) is 0 Å². The molecule has 6 heteroatoms. The number of rotatable bonds is 2. The topological polar surface area (TPSA) is 0 Å². The molecular formula is C7H6BF4S-. The molecule has 1 rings (SSSR count). The molecule has 0 nitrogen and oxygen atoms in total. The first-order chi connectivity index (χ1) is 5.95. The lowest BCUT2D eigenvalue weighted by atomic mass is 9.80. The van der Waals surface area contributed by atoms with Gasteiger partial charge in [0, 0.05) is 4.90 Å². The second kappa shape index (κ2) is 3.61. The van der Waals surface area contributed by atoms with Crippen molar-refractivity contribution in [3.8, 4) is 0 Å². The summed E-state index contributed by atoms with van der Waals surface area (Å²) in [6.45, 7) is -5.23. The molecule has 0 N–H and O–H groups in total. The van der Waals surface area contributed by atoms with E-state index in [4.69, 9.17) is 0 Å². The van der Waals surface area contributed by atoms with Crippen LogP contribution in [0.1, 0.15) is 0 Å². The van der Waals surface area contributed by atoms with Gasteiger partial charge in [0.2, 0.25) is 0 Å². The molecule has 0 saturated heterocycles. The molecule has 0 bridgehead atoms. The van der Waals surface area contributed by atoms with Crippen molar-refractivity contribution in [2.24, 2.45) is 0 Å². The van der Waals surface area contributed by atoms with Crippen LogP contribution >= 0.6 is 11.8 Å². The fourth-order valence-corrected chi connectivity index (χ4v) is 1.33. The third kappa shape index (κ3) is 2.40. The van der Waals surface area contributed by atoms with Gasteiger partial charge >= 0.3 is 6.98 Å². The minimum atomic E-state index is -5.23. The summed E-state index contributed by atoms with van der Waals surface area (Å²) < 4.78 is 49.1. The van der Waals surface area contributed by atoms with E-state index in [1.165, 1.54) is 17.8 Å². The van der Waals surface area contributed by atoms with Crippen LogP contribution in [0.15, 0.2) is 23.1 Å². The summed E-state index contributed by atoms with van der Waals surface area (Å²) in [5, 5.41) is 0. The lowest BCUT2D eigenvalue weighted by molar-refractivity contribution is 0.494. The van der Waals surface area contributed by atoms with Crippen LogP contribution in [-0.2, 0) is 0 Å². The van der Waals surface area contributed by atoms with Crippen molar-refractivity contribution in [2.45, 2.75) is 4.90 Å². The second-order valence-electron chi connectivity index (χ2n) is 2.46. The third-order valence-electron chi connectivity index (χ3n) is 1.56. The van der Waals surface area contributed by atoms with Gasteiger partial charge in [-0.3, -0.25) is 0 Å². The van der Waals surface area contributed by atoms with Crippen molar-refractivity contribution in [2.75, 3.05) is 6.26 Å². The summed E-state index contributed by atoms with van der Waals surface area (Å²) in [4.78, 5) is 0.487. The Kier molecular flexibility index (Phi) is 2.90. The molecular weight excluding hydrogens is 203 g/mol. The molecule has 0 aliphatic heterocycles. The van der Waals surface area contributed by atoms with Crippen LogP contribution in [0.2, 0.25) is 0 Å². The minimum absolute atomic E-state index is 0.487. The number of thioether (sulfide) groups is 1. The first-order valence-electron chi connectivity index (χ1n) is 3.48. The van der Waals surface area contributed by atoms with Gasteiger partial charge in [-0.05, 0) is 12.3 Å². The van der Waals surface area contributed by atoms with Gasteiger partial charge in [0.25, 0.3) is 0 Å². The Morgan fingerprint density at radius 2 is 1.85 bits per heavy atom. The lowest BCUT2D eigenvalue weighted by Gasteiger charge is -2.15. The fraction of sp³-hybridized carbons (Fsp3) is 0.143. The largest absolute Gasteiger partial charge is 0.512 e. The first kappa shape index (κ1) is 10.4. The van der Waals surface area contributed by atoms with Gasteiger partial charge in [-0.15, -0.1) is 11.8 Å². The number of hydrogen-bond acceptors (Lipinski definition) is 1. The summed E-state index contributed by atoms with van der Waals surface area (Å²) in [5.74, 6) is -1.20. The quantitative estimate of drug-likeness (QED) is 0.409. The Morgan fingerprint density at radius 1 is 1.23 bits per heavy atom. The van der Waals surface area contributed by atoms with Gasteiger partial charge in [-0.25, -0.2) is 4.39 Å². The highest BCUT2D eigenvalue weighted by Gasteiger charge is 2.28. The van der Waals surface area contributed by atoms with Gasteiger partial charge in [-0.2, -0.15) is 0 Å². The maximum Gasteiger partial charge on any atom is 0.512 e. The standard InChI is InChI=1S/C7H6BF4S/c1-13-5-2-3-6(7(9)4-5)8(10,11)12/h2-4H,1H3/q-1. The Hall–Kier alpha value is -0.645. The highest BCUT2D eigenvalue weighted by atomic mass is 32.2. The smallest absolute Gasteiger partial charge is 0.445 e. The van der Waals surface area contributed by atoms with Crippen molar-refractivity contribution in [3.05, 3.63) is 24.0 Å². The van der Waals surface area contributed by atoms with E-state index in [0.29, 0.717) is 4.90 Å². The summed E-state index contributed by atoms with van der Waals surface area (Å²) in [5.41, 5.74) is -1.15. The van der Waals surface area contributed by atoms with Crippen LogP contribution in [0, 0.1) is 5.82 Å². The fourth-order valence-electron chi connectivity index (χ4n) is 0.900. The van der Waals surface area contributed by atoms with Crippen molar-refractivity contribution in [1.29, 1.82) is 0 Å². The molecule has 1 aromatic carbocycles. The maximum absolute atomic E-state index is 12.8. The van der Waals surface area contributed by atoms with Crippen molar-refractivity contribution < 1.29 is 17.3 Å². The highest BCUT2D eigenvalue weighted by molar-refractivity contribution is 7.98. The molecule has 0 amide bonds. The van der Waals surface area contributed by atoms with Gasteiger partial charge in [0.15, 0.2) is 0 Å². The summed E-state index contributed by atoms with van der Waals surface area (Å²) >= 11 is 1.20. The van der Waals surface area contributed by atoms with E-state index in [-0.39, 0.29) is 0 Å². The SMILES string of the molecule is CSc1ccc([B-](F)(F)F)c(F)c1. The van der Waals surface area contributed by atoms with E-state index in [1.807, 2.05) is 0 Å². The molecule has 0 radical (unpaired) electrons. The summed E-state index contributed by atoms with van der Waals surface area (Å²) in [6, 6.07) is 2.94. The predicted octanol–water partition coefficient (Wildman–Crippen LogP) is 2.60. The normalized spacial score (nSPS) is 11.8. The number of hydrogen-bond donors (Lipinski definition) is 0. The predicted molar refractivity (Wildman–Crippen MR) is 46.9 cm³/mol. The van der Waals surface area contributed by atoms with Crippen LogP contribution in [-0.4, -0.2) is 13.2 Å². The third-order valence-corrected chi connectivity index (χ3v) is 2.29. The second-order valence-corrected chi connectivity index (χ2v) is 3.34. The molecule has 0 heterocycles. The molecule has 0 atom stereocenters. The van der Waals surface area contributed by atoms with Crippen LogP contribution in [0.5, 0.6) is 0 Å². The van der Waals surface area contributed by atoms with Crippen LogP contribution in [0.4, 0.5) is 17.3 Å².